The molecule has 0 spiro atoms. The van der Waals surface area contributed by atoms with Crippen LogP contribution in [0.25, 0.3) is 0 Å². The van der Waals surface area contributed by atoms with E-state index >= 15 is 0 Å². The van der Waals surface area contributed by atoms with E-state index in [0.717, 1.165) is 43.7 Å². The molecule has 0 amide bonds. The first kappa shape index (κ1) is 19.2. The van der Waals surface area contributed by atoms with E-state index in [2.05, 4.69) is 19.6 Å². The zero-order chi connectivity index (χ0) is 17.6. The maximum Gasteiger partial charge on any atom is 0.278 e. The molecule has 0 aromatic carbocycles. The second-order valence-corrected chi connectivity index (χ2v) is 8.42. The molecule has 24 heavy (non-hydrogen) atoms. The van der Waals surface area contributed by atoms with Gasteiger partial charge in [-0.15, -0.1) is 0 Å². The van der Waals surface area contributed by atoms with Crippen LogP contribution in [-0.2, 0) is 23.2 Å². The van der Waals surface area contributed by atoms with Gasteiger partial charge in [-0.05, 0) is 25.8 Å². The van der Waals surface area contributed by atoms with Gasteiger partial charge in [-0.2, -0.15) is 12.7 Å². The van der Waals surface area contributed by atoms with E-state index in [0.29, 0.717) is 12.6 Å². The Hall–Kier alpha value is -1.09. The molecule has 1 N–H and O–H groups in total. The maximum atomic E-state index is 11.8. The van der Waals surface area contributed by atoms with Gasteiger partial charge in [-0.3, -0.25) is 4.90 Å². The fourth-order valence-electron chi connectivity index (χ4n) is 2.96. The lowest BCUT2D eigenvalue weighted by Crippen LogP contribution is -2.42. The van der Waals surface area contributed by atoms with E-state index in [1.54, 1.807) is 0 Å². The van der Waals surface area contributed by atoms with Crippen molar-refractivity contribution < 1.29 is 8.42 Å². The van der Waals surface area contributed by atoms with Gasteiger partial charge in [0.1, 0.15) is 5.82 Å². The summed E-state index contributed by atoms with van der Waals surface area (Å²) in [5.74, 6) is 0.868. The van der Waals surface area contributed by atoms with Crippen LogP contribution in [0.15, 0.2) is 12.4 Å². The first-order valence-corrected chi connectivity index (χ1v) is 10.1. The third-order valence-corrected chi connectivity index (χ3v) is 5.98. The number of hydrogen-bond acceptors (Lipinski definition) is 5. The SMILES string of the molecule is CCc1ncc(CN2CCCC[C@@H]2CCNS(=O)(=O)N(C)C)cn1. The first-order valence-electron chi connectivity index (χ1n) is 8.63. The Morgan fingerprint density at radius 2 is 2.00 bits per heavy atom. The van der Waals surface area contributed by atoms with Crippen LogP contribution in [0.3, 0.4) is 0 Å². The van der Waals surface area contributed by atoms with Crippen LogP contribution in [0.5, 0.6) is 0 Å². The molecule has 2 heterocycles. The summed E-state index contributed by atoms with van der Waals surface area (Å²) in [4.78, 5) is 11.2. The van der Waals surface area contributed by atoms with Crippen LogP contribution in [-0.4, -0.2) is 60.8 Å². The Morgan fingerprint density at radius 1 is 1.29 bits per heavy atom. The van der Waals surface area contributed by atoms with Crippen molar-refractivity contribution in [3.63, 3.8) is 0 Å². The number of nitrogens with zero attached hydrogens (tertiary/aromatic N) is 4. The van der Waals surface area contributed by atoms with Gasteiger partial charge in [-0.1, -0.05) is 13.3 Å². The minimum absolute atomic E-state index is 0.398. The van der Waals surface area contributed by atoms with Crippen LogP contribution >= 0.6 is 0 Å². The topological polar surface area (TPSA) is 78.4 Å². The Morgan fingerprint density at radius 3 is 2.62 bits per heavy atom. The molecule has 0 radical (unpaired) electrons. The van der Waals surface area contributed by atoms with Gasteiger partial charge in [0.25, 0.3) is 10.2 Å². The Bertz CT molecular complexity index is 603. The molecule has 1 aliphatic heterocycles. The van der Waals surface area contributed by atoms with E-state index in [4.69, 9.17) is 0 Å². The van der Waals surface area contributed by atoms with E-state index in [1.807, 2.05) is 19.3 Å². The molecule has 8 heteroatoms. The highest BCUT2D eigenvalue weighted by atomic mass is 32.2. The highest BCUT2D eigenvalue weighted by Crippen LogP contribution is 2.21. The van der Waals surface area contributed by atoms with Crippen LogP contribution in [0.4, 0.5) is 0 Å². The smallest absolute Gasteiger partial charge is 0.278 e. The van der Waals surface area contributed by atoms with E-state index in [1.165, 1.54) is 31.2 Å². The Kier molecular flexibility index (Phi) is 7.09. The molecule has 0 saturated carbocycles. The van der Waals surface area contributed by atoms with Gasteiger partial charge in [0, 0.05) is 57.6 Å². The molecule has 1 aromatic heterocycles. The van der Waals surface area contributed by atoms with Crippen molar-refractivity contribution in [3.05, 3.63) is 23.8 Å². The van der Waals surface area contributed by atoms with Crippen LogP contribution in [0.1, 0.15) is 44.0 Å². The van der Waals surface area contributed by atoms with Crippen LogP contribution in [0, 0.1) is 0 Å². The quantitative estimate of drug-likeness (QED) is 0.758. The van der Waals surface area contributed by atoms with Crippen molar-refractivity contribution in [1.82, 2.24) is 23.9 Å². The summed E-state index contributed by atoms with van der Waals surface area (Å²) >= 11 is 0. The number of hydrogen-bond donors (Lipinski definition) is 1. The van der Waals surface area contributed by atoms with Crippen molar-refractivity contribution in [3.8, 4) is 0 Å². The van der Waals surface area contributed by atoms with Gasteiger partial charge in [0.2, 0.25) is 0 Å². The predicted molar refractivity (Wildman–Crippen MR) is 94.7 cm³/mol. The van der Waals surface area contributed by atoms with Crippen LogP contribution < -0.4 is 4.72 Å². The number of nitrogens with one attached hydrogen (secondary N) is 1. The number of aryl methyl sites for hydroxylation is 1. The molecular formula is C16H29N5O2S. The highest BCUT2D eigenvalue weighted by molar-refractivity contribution is 7.87. The number of rotatable bonds is 8. The average molecular weight is 356 g/mol. The molecule has 1 aromatic rings. The molecule has 0 bridgehead atoms. The summed E-state index contributed by atoms with van der Waals surface area (Å²) in [7, 11) is -0.264. The van der Waals surface area contributed by atoms with E-state index in [-0.39, 0.29) is 0 Å². The highest BCUT2D eigenvalue weighted by Gasteiger charge is 2.23. The summed E-state index contributed by atoms with van der Waals surface area (Å²) in [6, 6.07) is 0.398. The fraction of sp³-hybridized carbons (Fsp3) is 0.750. The van der Waals surface area contributed by atoms with Gasteiger partial charge in [0.05, 0.1) is 0 Å². The molecule has 0 aliphatic carbocycles. The molecular weight excluding hydrogens is 326 g/mol. The number of likely N-dealkylation sites (tertiary alicyclic amines) is 1. The number of piperidine rings is 1. The third-order valence-electron chi connectivity index (χ3n) is 4.45. The molecule has 0 unspecified atom stereocenters. The Labute approximate surface area is 145 Å². The van der Waals surface area contributed by atoms with E-state index in [9.17, 15) is 8.42 Å². The number of aromatic nitrogens is 2. The van der Waals surface area contributed by atoms with Crippen molar-refractivity contribution in [2.45, 2.75) is 51.6 Å². The minimum Gasteiger partial charge on any atom is -0.296 e. The van der Waals surface area contributed by atoms with Gasteiger partial charge in [-0.25, -0.2) is 14.7 Å². The summed E-state index contributed by atoms with van der Waals surface area (Å²) in [5.41, 5.74) is 1.12. The summed E-state index contributed by atoms with van der Waals surface area (Å²) in [6.07, 6.45) is 8.98. The largest absolute Gasteiger partial charge is 0.296 e. The van der Waals surface area contributed by atoms with Gasteiger partial charge >= 0.3 is 0 Å². The predicted octanol–water partition coefficient (Wildman–Crippen LogP) is 1.18. The monoisotopic (exact) mass is 355 g/mol. The molecule has 1 aliphatic rings. The minimum atomic E-state index is -3.34. The molecule has 1 atom stereocenters. The lowest BCUT2D eigenvalue weighted by atomic mass is 9.99. The van der Waals surface area contributed by atoms with Crippen LogP contribution in [0.2, 0.25) is 0 Å². The molecule has 7 nitrogen and oxygen atoms in total. The second kappa shape index (κ2) is 8.84. The van der Waals surface area contributed by atoms with Crippen molar-refractivity contribution >= 4 is 10.2 Å². The molecule has 1 saturated heterocycles. The summed E-state index contributed by atoms with van der Waals surface area (Å²) in [6.45, 7) is 4.38. The van der Waals surface area contributed by atoms with Crippen molar-refractivity contribution in [2.24, 2.45) is 0 Å². The second-order valence-electron chi connectivity index (χ2n) is 6.45. The molecule has 1 fully saturated rings. The lowest BCUT2D eigenvalue weighted by Gasteiger charge is -2.35. The normalized spacial score (nSPS) is 19.8. The van der Waals surface area contributed by atoms with Gasteiger partial charge in [0.15, 0.2) is 0 Å². The standard InChI is InChI=1S/C16H29N5O2S/c1-4-16-17-11-14(12-18-16)13-21-10-6-5-7-15(21)8-9-19-24(22,23)20(2)3/h11-12,15,19H,4-10,13H2,1-3H3/t15-/m1/s1. The van der Waals surface area contributed by atoms with E-state index < -0.39 is 10.2 Å². The summed E-state index contributed by atoms with van der Waals surface area (Å²) < 4.78 is 27.4. The molecule has 136 valence electrons. The zero-order valence-electron chi connectivity index (χ0n) is 14.9. The average Bonchev–Trinajstić information content (AvgIpc) is 2.57. The van der Waals surface area contributed by atoms with Crippen molar-refractivity contribution in [1.29, 1.82) is 0 Å². The zero-order valence-corrected chi connectivity index (χ0v) is 15.7. The first-order chi connectivity index (χ1) is 11.4. The fourth-order valence-corrected chi connectivity index (χ4v) is 3.59. The molecule has 2 rings (SSSR count). The maximum absolute atomic E-state index is 11.8. The van der Waals surface area contributed by atoms with Gasteiger partial charge < -0.3 is 0 Å². The lowest BCUT2D eigenvalue weighted by molar-refractivity contribution is 0.133. The third kappa shape index (κ3) is 5.47. The Balaban J connectivity index is 1.90. The summed E-state index contributed by atoms with van der Waals surface area (Å²) in [5, 5.41) is 0. The van der Waals surface area contributed by atoms with Crippen molar-refractivity contribution in [2.75, 3.05) is 27.2 Å².